The van der Waals surface area contributed by atoms with E-state index in [2.05, 4.69) is 18.7 Å². The monoisotopic (exact) mass is 443 g/mol. The van der Waals surface area contributed by atoms with Crippen molar-refractivity contribution in [3.8, 4) is 28.7 Å². The molecule has 0 spiro atoms. The molecule has 0 saturated heterocycles. The lowest BCUT2D eigenvalue weighted by molar-refractivity contribution is 0.104. The van der Waals surface area contributed by atoms with E-state index in [1.165, 1.54) is 13.2 Å². The third kappa shape index (κ3) is 6.40. The van der Waals surface area contributed by atoms with E-state index in [1.807, 2.05) is 6.07 Å². The van der Waals surface area contributed by atoms with Gasteiger partial charge >= 0.3 is 0 Å². The van der Waals surface area contributed by atoms with Crippen LogP contribution >= 0.6 is 0 Å². The van der Waals surface area contributed by atoms with Crippen molar-refractivity contribution in [1.29, 1.82) is 0 Å². The molecular weight excluding hydrogens is 410 g/mol. The van der Waals surface area contributed by atoms with Gasteiger partial charge in [-0.2, -0.15) is 0 Å². The molecule has 7 nitrogen and oxygen atoms in total. The summed E-state index contributed by atoms with van der Waals surface area (Å²) in [4.78, 5) is 15.4. The summed E-state index contributed by atoms with van der Waals surface area (Å²) in [6, 6.07) is 8.82. The van der Waals surface area contributed by atoms with Crippen LogP contribution in [0.4, 0.5) is 0 Å². The minimum Gasteiger partial charge on any atom is -0.496 e. The van der Waals surface area contributed by atoms with E-state index in [4.69, 9.17) is 23.7 Å². The van der Waals surface area contributed by atoms with Crippen LogP contribution in [0.5, 0.6) is 28.7 Å². The molecule has 2 aromatic carbocycles. The molecule has 0 saturated carbocycles. The van der Waals surface area contributed by atoms with Gasteiger partial charge in [0.2, 0.25) is 0 Å². The Kier molecular flexibility index (Phi) is 9.88. The van der Waals surface area contributed by atoms with Crippen LogP contribution in [0.1, 0.15) is 29.8 Å². The van der Waals surface area contributed by atoms with E-state index in [0.29, 0.717) is 40.9 Å². The van der Waals surface area contributed by atoms with Gasteiger partial charge in [-0.15, -0.1) is 0 Å². The highest BCUT2D eigenvalue weighted by Gasteiger charge is 2.19. The van der Waals surface area contributed by atoms with Gasteiger partial charge in [-0.1, -0.05) is 26.0 Å². The molecule has 0 atom stereocenters. The molecule has 0 unspecified atom stereocenters. The number of allylic oxidation sites excluding steroid dienone is 1. The fourth-order valence-corrected chi connectivity index (χ4v) is 3.24. The largest absolute Gasteiger partial charge is 0.496 e. The molecular formula is C25H33NO6. The number of nitrogens with zero attached hydrogens (tertiary/aromatic N) is 1. The molecule has 32 heavy (non-hydrogen) atoms. The summed E-state index contributed by atoms with van der Waals surface area (Å²) in [7, 11) is 6.23. The maximum atomic E-state index is 13.2. The molecule has 2 aromatic rings. The maximum absolute atomic E-state index is 13.2. The highest BCUT2D eigenvalue weighted by Crippen LogP contribution is 2.35. The topological polar surface area (TPSA) is 66.5 Å². The third-order valence-corrected chi connectivity index (χ3v) is 5.14. The zero-order valence-electron chi connectivity index (χ0n) is 19.8. The number of likely N-dealkylation sites (N-methyl/N-ethyl adjacent to an activating group) is 1. The van der Waals surface area contributed by atoms with Crippen LogP contribution in [0, 0.1) is 0 Å². The zero-order valence-corrected chi connectivity index (χ0v) is 19.8. The van der Waals surface area contributed by atoms with Crippen molar-refractivity contribution in [2.45, 2.75) is 13.8 Å². The molecule has 0 bridgehead atoms. The number of hydrogen-bond donors (Lipinski definition) is 0. The highest BCUT2D eigenvalue weighted by atomic mass is 16.5. The summed E-state index contributed by atoms with van der Waals surface area (Å²) in [6.45, 7) is 7.26. The quantitative estimate of drug-likeness (QED) is 0.337. The maximum Gasteiger partial charge on any atom is 0.193 e. The van der Waals surface area contributed by atoms with Crippen molar-refractivity contribution >= 4 is 11.9 Å². The molecule has 0 N–H and O–H groups in total. The Morgan fingerprint density at radius 2 is 1.50 bits per heavy atom. The van der Waals surface area contributed by atoms with E-state index in [9.17, 15) is 4.79 Å². The number of ketones is 1. The third-order valence-electron chi connectivity index (χ3n) is 5.14. The van der Waals surface area contributed by atoms with E-state index in [0.717, 1.165) is 25.2 Å². The standard InChI is InChI=1S/C25H33NO6/c1-7-26(8-2)13-14-32-24-17-19(28-3)16-23(31-6)25(24)20(27)11-9-18-10-12-21(29-4)22(15-18)30-5/h9-12,15-17H,7-8,13-14H2,1-6H3. The molecule has 0 radical (unpaired) electrons. The molecule has 174 valence electrons. The van der Waals surface area contributed by atoms with Gasteiger partial charge in [-0.3, -0.25) is 4.79 Å². The Morgan fingerprint density at radius 1 is 0.844 bits per heavy atom. The number of methoxy groups -OCH3 is 4. The molecule has 0 aliphatic heterocycles. The zero-order chi connectivity index (χ0) is 23.5. The Balaban J connectivity index is 2.32. The second kappa shape index (κ2) is 12.6. The Hall–Kier alpha value is -3.19. The molecule has 0 heterocycles. The van der Waals surface area contributed by atoms with Crippen LogP contribution in [0.2, 0.25) is 0 Å². The van der Waals surface area contributed by atoms with E-state index >= 15 is 0 Å². The summed E-state index contributed by atoms with van der Waals surface area (Å²) in [6.07, 6.45) is 3.20. The minimum absolute atomic E-state index is 0.239. The van der Waals surface area contributed by atoms with E-state index in [1.54, 1.807) is 51.7 Å². The van der Waals surface area contributed by atoms with Gasteiger partial charge in [0.25, 0.3) is 0 Å². The smallest absolute Gasteiger partial charge is 0.193 e. The van der Waals surface area contributed by atoms with Crippen LogP contribution in [-0.4, -0.2) is 65.4 Å². The summed E-state index contributed by atoms with van der Waals surface area (Å²) in [5, 5.41) is 0. The lowest BCUT2D eigenvalue weighted by atomic mass is 10.1. The number of rotatable bonds is 13. The van der Waals surface area contributed by atoms with Gasteiger partial charge in [0.15, 0.2) is 17.3 Å². The van der Waals surface area contributed by atoms with Gasteiger partial charge in [0.1, 0.15) is 29.4 Å². The van der Waals surface area contributed by atoms with Crippen LogP contribution in [0.15, 0.2) is 36.4 Å². The van der Waals surface area contributed by atoms with Crippen molar-refractivity contribution in [3.63, 3.8) is 0 Å². The normalized spacial score (nSPS) is 11.0. The first-order valence-corrected chi connectivity index (χ1v) is 10.6. The van der Waals surface area contributed by atoms with Crippen LogP contribution < -0.4 is 23.7 Å². The van der Waals surface area contributed by atoms with Gasteiger partial charge in [0.05, 0.1) is 28.4 Å². The summed E-state index contributed by atoms with van der Waals surface area (Å²) in [5.74, 6) is 2.35. The van der Waals surface area contributed by atoms with Crippen molar-refractivity contribution in [3.05, 3.63) is 47.5 Å². The first kappa shape index (κ1) is 25.1. The van der Waals surface area contributed by atoms with Crippen molar-refractivity contribution in [1.82, 2.24) is 4.90 Å². The molecule has 0 amide bonds. The second-order valence-corrected chi connectivity index (χ2v) is 6.89. The number of hydrogen-bond acceptors (Lipinski definition) is 7. The minimum atomic E-state index is -0.239. The molecule has 0 aliphatic rings. The van der Waals surface area contributed by atoms with Gasteiger partial charge < -0.3 is 28.6 Å². The average Bonchev–Trinajstić information content (AvgIpc) is 2.84. The fraction of sp³-hybridized carbons (Fsp3) is 0.400. The Labute approximate surface area is 190 Å². The first-order chi connectivity index (χ1) is 15.5. The molecule has 0 aromatic heterocycles. The van der Waals surface area contributed by atoms with Crippen molar-refractivity contribution < 1.29 is 28.5 Å². The number of carbonyl (C=O) groups excluding carboxylic acids is 1. The number of benzene rings is 2. The van der Waals surface area contributed by atoms with E-state index in [-0.39, 0.29) is 5.78 Å². The lowest BCUT2D eigenvalue weighted by Crippen LogP contribution is -2.28. The van der Waals surface area contributed by atoms with Gasteiger partial charge in [-0.05, 0) is 36.9 Å². The van der Waals surface area contributed by atoms with Gasteiger partial charge in [-0.25, -0.2) is 0 Å². The van der Waals surface area contributed by atoms with Crippen molar-refractivity contribution in [2.24, 2.45) is 0 Å². The van der Waals surface area contributed by atoms with E-state index < -0.39 is 0 Å². The highest BCUT2D eigenvalue weighted by molar-refractivity contribution is 6.10. The second-order valence-electron chi connectivity index (χ2n) is 6.89. The fourth-order valence-electron chi connectivity index (χ4n) is 3.24. The number of ether oxygens (including phenoxy) is 5. The first-order valence-electron chi connectivity index (χ1n) is 10.6. The molecule has 0 fully saturated rings. The Bertz CT molecular complexity index is 921. The average molecular weight is 444 g/mol. The van der Waals surface area contributed by atoms with Gasteiger partial charge in [0, 0.05) is 18.7 Å². The van der Waals surface area contributed by atoms with Crippen LogP contribution in [0.3, 0.4) is 0 Å². The molecule has 0 aliphatic carbocycles. The predicted octanol–water partition coefficient (Wildman–Crippen LogP) is 4.34. The SMILES string of the molecule is CCN(CC)CCOc1cc(OC)cc(OC)c1C(=O)C=Cc1ccc(OC)c(OC)c1. The summed E-state index contributed by atoms with van der Waals surface area (Å²) >= 11 is 0. The Morgan fingerprint density at radius 3 is 2.09 bits per heavy atom. The molecule has 2 rings (SSSR count). The lowest BCUT2D eigenvalue weighted by Gasteiger charge is -2.19. The van der Waals surface area contributed by atoms with Crippen LogP contribution in [0.25, 0.3) is 6.08 Å². The predicted molar refractivity (Wildman–Crippen MR) is 126 cm³/mol. The summed E-state index contributed by atoms with van der Waals surface area (Å²) in [5.41, 5.74) is 1.15. The van der Waals surface area contributed by atoms with Crippen molar-refractivity contribution in [2.75, 3.05) is 54.7 Å². The van der Waals surface area contributed by atoms with Crippen LogP contribution in [-0.2, 0) is 0 Å². The molecule has 7 heteroatoms. The number of carbonyl (C=O) groups is 1. The summed E-state index contributed by atoms with van der Waals surface area (Å²) < 4.78 is 27.4.